The van der Waals surface area contributed by atoms with E-state index in [4.69, 9.17) is 5.11 Å². The largest absolute Gasteiger partial charge is 1.00 e. The fraction of sp³-hybridized carbons (Fsp3) is 0.667. The summed E-state index contributed by atoms with van der Waals surface area (Å²) >= 11 is -0.630. The van der Waals surface area contributed by atoms with Gasteiger partial charge in [0.25, 0.3) is 0 Å². The van der Waals surface area contributed by atoms with E-state index in [1.807, 2.05) is 0 Å². The van der Waals surface area contributed by atoms with Gasteiger partial charge in [0.1, 0.15) is 0 Å². The number of carbonyl (C=O) groups excluding carboxylic acids is 1. The summed E-state index contributed by atoms with van der Waals surface area (Å²) in [6.07, 6.45) is 0. The summed E-state index contributed by atoms with van der Waals surface area (Å²) in [5.41, 5.74) is 0. The molecule has 0 aromatic rings. The third-order valence-electron chi connectivity index (χ3n) is 0.381. The van der Waals surface area contributed by atoms with Crippen molar-refractivity contribution in [3.8, 4) is 0 Å². The van der Waals surface area contributed by atoms with Crippen LogP contribution in [-0.4, -0.2) is 32.2 Å². The van der Waals surface area contributed by atoms with E-state index in [1.54, 1.807) is 0 Å². The van der Waals surface area contributed by atoms with Gasteiger partial charge in [-0.05, 0) is 0 Å². The van der Waals surface area contributed by atoms with Crippen LogP contribution in [0.15, 0.2) is 0 Å². The second-order valence-electron chi connectivity index (χ2n) is 0.957. The molecule has 3 nitrogen and oxygen atoms in total. The van der Waals surface area contributed by atoms with Gasteiger partial charge in [-0.2, -0.15) is 0 Å². The molecule has 42 valence electrons. The Hall–Kier alpha value is 0.988. The van der Waals surface area contributed by atoms with Crippen molar-refractivity contribution in [2.45, 2.75) is 5.21 Å². The molecule has 1 N–H and O–H groups in total. The van der Waals surface area contributed by atoms with Crippen molar-refractivity contribution >= 4 is 21.7 Å². The van der Waals surface area contributed by atoms with Crippen LogP contribution >= 0.6 is 0 Å². The van der Waals surface area contributed by atoms with Crippen LogP contribution in [0.2, 0.25) is 5.21 Å². The molecular formula is C3H6AsNaO3. The van der Waals surface area contributed by atoms with Crippen molar-refractivity contribution in [3.63, 3.8) is 0 Å². The van der Waals surface area contributed by atoms with Crippen molar-refractivity contribution in [2.75, 3.05) is 5.39 Å². The normalized spacial score (nSPS) is 9.12. The average molecular weight is 188 g/mol. The Labute approximate surface area is 76.4 Å². The molecule has 8 heavy (non-hydrogen) atoms. The van der Waals surface area contributed by atoms with E-state index in [9.17, 15) is 9.90 Å². The van der Waals surface area contributed by atoms with E-state index in [1.165, 1.54) is 0 Å². The molecule has 5 heteroatoms. The third-order valence-corrected chi connectivity index (χ3v) is 1.98. The van der Waals surface area contributed by atoms with Crippen LogP contribution in [0.4, 0.5) is 0 Å². The number of hydrogen-bond donors (Lipinski definition) is 1. The monoisotopic (exact) mass is 188 g/mol. The van der Waals surface area contributed by atoms with Gasteiger partial charge in [0.05, 0.1) is 0 Å². The van der Waals surface area contributed by atoms with E-state index >= 15 is 0 Å². The van der Waals surface area contributed by atoms with E-state index in [0.717, 1.165) is 0 Å². The first kappa shape index (κ1) is 11.7. The van der Waals surface area contributed by atoms with E-state index < -0.39 is 21.7 Å². The number of carboxylic acids is 1. The van der Waals surface area contributed by atoms with Crippen LogP contribution in [0.5, 0.6) is 0 Å². The van der Waals surface area contributed by atoms with Crippen molar-refractivity contribution in [3.05, 3.63) is 0 Å². The van der Waals surface area contributed by atoms with Crippen LogP contribution in [0.1, 0.15) is 0 Å². The summed E-state index contributed by atoms with van der Waals surface area (Å²) in [6.45, 7) is 0. The molecule has 0 aromatic heterocycles. The predicted molar refractivity (Wildman–Crippen MR) is 24.0 cm³/mol. The summed E-state index contributed by atoms with van der Waals surface area (Å²) in [5, 5.41) is 17.8. The molecule has 0 radical (unpaired) electrons. The number of carboxylic acid groups (broad SMARTS) is 1. The van der Waals surface area contributed by atoms with Gasteiger partial charge < -0.3 is 0 Å². The van der Waals surface area contributed by atoms with Crippen molar-refractivity contribution in [1.82, 2.24) is 0 Å². The molecule has 1 unspecified atom stereocenters. The molecular weight excluding hydrogens is 182 g/mol. The zero-order valence-corrected chi connectivity index (χ0v) is 8.78. The topological polar surface area (TPSA) is 60.4 Å². The van der Waals surface area contributed by atoms with Crippen LogP contribution in [0.25, 0.3) is 0 Å². The van der Waals surface area contributed by atoms with Gasteiger partial charge in [-0.15, -0.1) is 0 Å². The van der Waals surface area contributed by atoms with Gasteiger partial charge >= 0.3 is 76.9 Å². The summed E-state index contributed by atoms with van der Waals surface area (Å²) in [4.78, 5) is 9.57. The molecule has 0 aliphatic rings. The minimum absolute atomic E-state index is 0. The number of rotatable bonds is 3. The molecule has 0 fully saturated rings. The quantitative estimate of drug-likeness (QED) is 0.449. The number of aliphatic hydroxyl groups excluding tert-OH is 1. The SMILES string of the molecule is O=C([O-])C[AsH]CO.[Na+]. The molecule has 0 amide bonds. The fourth-order valence-electron chi connectivity index (χ4n) is 0.158. The number of aliphatic hydroxyl groups is 1. The van der Waals surface area contributed by atoms with E-state index in [2.05, 4.69) is 0 Å². The van der Waals surface area contributed by atoms with Crippen LogP contribution in [0.3, 0.4) is 0 Å². The standard InChI is InChI=1S/C3H7AsO3.Na/c5-2-4-1-3(6)7;/h4-5H,1-2H2,(H,6,7);/q;+1/p-1. The molecule has 0 rings (SSSR count). The van der Waals surface area contributed by atoms with Gasteiger partial charge in [0.2, 0.25) is 0 Å². The Balaban J connectivity index is 0. The van der Waals surface area contributed by atoms with Crippen LogP contribution in [-0.2, 0) is 4.79 Å². The van der Waals surface area contributed by atoms with Gasteiger partial charge in [0, 0.05) is 0 Å². The summed E-state index contributed by atoms with van der Waals surface area (Å²) in [5.74, 6) is -1.05. The first-order valence-corrected chi connectivity index (χ1v) is 4.75. The molecule has 0 spiro atoms. The smallest absolute Gasteiger partial charge is 1.00 e. The molecule has 1 atom stereocenters. The fourth-order valence-corrected chi connectivity index (χ4v) is 0.821. The Bertz CT molecular complexity index is 67.5. The van der Waals surface area contributed by atoms with Crippen molar-refractivity contribution in [2.24, 2.45) is 0 Å². The predicted octanol–water partition coefficient (Wildman–Crippen LogP) is -5.46. The first-order valence-electron chi connectivity index (χ1n) is 1.79. The Morgan fingerprint density at radius 2 is 2.25 bits per heavy atom. The molecule has 0 aliphatic carbocycles. The molecule has 0 saturated carbocycles. The minimum atomic E-state index is -1.05. The zero-order chi connectivity index (χ0) is 5.70. The molecule has 0 saturated heterocycles. The van der Waals surface area contributed by atoms with Gasteiger partial charge in [0.15, 0.2) is 0 Å². The van der Waals surface area contributed by atoms with Gasteiger partial charge in [-0.1, -0.05) is 0 Å². The number of aliphatic carboxylic acids is 1. The maximum atomic E-state index is 9.57. The molecule has 0 aliphatic heterocycles. The van der Waals surface area contributed by atoms with Crippen molar-refractivity contribution in [1.29, 1.82) is 0 Å². The molecule has 0 heterocycles. The van der Waals surface area contributed by atoms with Crippen molar-refractivity contribution < 1.29 is 44.6 Å². The number of hydrogen-bond acceptors (Lipinski definition) is 3. The minimum Gasteiger partial charge on any atom is 1.00 e. The van der Waals surface area contributed by atoms with Gasteiger partial charge in [-0.3, -0.25) is 0 Å². The summed E-state index contributed by atoms with van der Waals surface area (Å²) in [6, 6.07) is 0. The Kier molecular flexibility index (Phi) is 11.7. The third kappa shape index (κ3) is 10.1. The Morgan fingerprint density at radius 1 is 1.75 bits per heavy atom. The maximum Gasteiger partial charge on any atom is 1.00 e. The first-order chi connectivity index (χ1) is 3.27. The second-order valence-corrected chi connectivity index (χ2v) is 3.41. The van der Waals surface area contributed by atoms with Crippen LogP contribution < -0.4 is 34.7 Å². The van der Waals surface area contributed by atoms with Gasteiger partial charge in [-0.25, -0.2) is 0 Å². The van der Waals surface area contributed by atoms with Crippen LogP contribution in [0, 0.1) is 0 Å². The Morgan fingerprint density at radius 3 is 2.38 bits per heavy atom. The maximum absolute atomic E-state index is 9.57. The van der Waals surface area contributed by atoms with E-state index in [0.29, 0.717) is 0 Å². The summed E-state index contributed by atoms with van der Waals surface area (Å²) in [7, 11) is 0. The molecule has 0 bridgehead atoms. The zero-order valence-electron chi connectivity index (χ0n) is 4.68. The molecule has 0 aromatic carbocycles. The summed E-state index contributed by atoms with van der Waals surface area (Å²) < 4.78 is 0. The average Bonchev–Trinajstić information content (AvgIpc) is 1.61. The second kappa shape index (κ2) is 7.99. The number of carbonyl (C=O) groups is 1. The van der Waals surface area contributed by atoms with E-state index in [-0.39, 0.29) is 40.2 Å².